The summed E-state index contributed by atoms with van der Waals surface area (Å²) in [6.45, 7) is -18.0. The first-order valence-electron chi connectivity index (χ1n) is 37.2. The first-order valence-corrected chi connectivity index (χ1v) is 52.9. The fourth-order valence-electron chi connectivity index (χ4n) is 13.9. The van der Waals surface area contributed by atoms with E-state index < -0.39 is 270 Å². The summed E-state index contributed by atoms with van der Waals surface area (Å²) >= 11 is 31.6. The minimum atomic E-state index is -4.80. The minimum absolute atomic E-state index is 0.0303. The molecular formula is C63H86N12O36P6S6. The summed E-state index contributed by atoms with van der Waals surface area (Å²) in [7, 11) is 0. The van der Waals surface area contributed by atoms with Crippen LogP contribution in [0.2, 0.25) is 0 Å². The number of ether oxygens (including phenoxy) is 6. The Kier molecular flexibility index (Phi) is 30.7. The molecule has 0 aliphatic carbocycles. The van der Waals surface area contributed by atoms with Crippen molar-refractivity contribution in [3.05, 3.63) is 196 Å². The van der Waals surface area contributed by atoms with E-state index in [9.17, 15) is 86.6 Å². The Morgan fingerprint density at radius 3 is 0.780 bits per heavy atom. The van der Waals surface area contributed by atoms with Gasteiger partial charge in [0.2, 0.25) is 0 Å². The molecule has 11 N–H and O–H groups in total. The summed E-state index contributed by atoms with van der Waals surface area (Å²) in [5, 5.41) is 0. The number of hydrogen-bond donors (Lipinski definition) is 12. The lowest BCUT2D eigenvalue weighted by Crippen LogP contribution is -2.33. The van der Waals surface area contributed by atoms with Crippen LogP contribution in [0.5, 0.6) is 0 Å². The predicted octanol–water partition coefficient (Wildman–Crippen LogP) is 0.824. The van der Waals surface area contributed by atoms with Gasteiger partial charge in [0, 0.05) is 109 Å². The second kappa shape index (κ2) is 39.0. The highest BCUT2D eigenvalue weighted by atomic mass is 32.7. The Hall–Kier alpha value is -5.01. The SMILES string of the molecule is Cc1cn([C@H]2C[C@H](OP(O)(=S)OC[C@H]3O[C@@H](n4cc(C)c(=O)[nH]c4=O)C[C@@H]3OP(=O)(S)OC[C@H]3O[C@@H](n4cc(C)c(=O)[nH]c4=O)C[C@@H]3OP(O)(=S)OC[C@H]3O[C@@H](n4cc(C)c(=O)[nH]c4=O)C[C@@H]3OP(O)(=S)OC[C@H]3O[C@@H](n4cc(C)c(=O)[nH]c4=O)C[C@@H]3OP(O)(=S)OC[C@H]3O[C@@H](n4cc(C)c(=O)[nH]c4=O)C[C@@H]3OP(O)(=S)OC(C)C)[C@@H](C)O2)c(=O)[nH]c1=O. The molecule has 6 fully saturated rings. The van der Waals surface area contributed by atoms with Crippen LogP contribution in [0.3, 0.4) is 0 Å². The summed E-state index contributed by atoms with van der Waals surface area (Å²) in [5.74, 6) is 0. The van der Waals surface area contributed by atoms with Crippen molar-refractivity contribution in [3.63, 3.8) is 0 Å². The van der Waals surface area contributed by atoms with Gasteiger partial charge in [-0.3, -0.25) is 95.1 Å². The number of thiol groups is 1. The quantitative estimate of drug-likeness (QED) is 0.0194. The molecule has 0 aromatic carbocycles. The maximum Gasteiger partial charge on any atom is 0.386 e. The van der Waals surface area contributed by atoms with Crippen molar-refractivity contribution in [2.45, 2.75) is 218 Å². The van der Waals surface area contributed by atoms with Crippen LogP contribution in [-0.4, -0.2) is 194 Å². The fourth-order valence-corrected chi connectivity index (χ4v) is 23.3. The molecule has 6 unspecified atom stereocenters. The van der Waals surface area contributed by atoms with E-state index in [-0.39, 0.29) is 59.1 Å². The lowest BCUT2D eigenvalue weighted by molar-refractivity contribution is -0.0571. The average molecular weight is 1970 g/mol. The molecule has 123 heavy (non-hydrogen) atoms. The Morgan fingerprint density at radius 1 is 0.350 bits per heavy atom. The Balaban J connectivity index is 0.745. The van der Waals surface area contributed by atoms with Crippen LogP contribution in [-0.2, 0) is 146 Å². The molecule has 0 bridgehead atoms. The molecule has 60 heteroatoms. The van der Waals surface area contributed by atoms with Gasteiger partial charge in [-0.2, -0.15) is 0 Å². The van der Waals surface area contributed by atoms with Crippen LogP contribution in [0.25, 0.3) is 0 Å². The van der Waals surface area contributed by atoms with Gasteiger partial charge in [-0.1, -0.05) is 12.2 Å². The van der Waals surface area contributed by atoms with E-state index in [1.54, 1.807) is 20.8 Å². The standard InChI is InChI=1S/C63H86N12O36P6S6/c1-27(2)105-117(93,123)111-40-15-51(75-21-33(8)57(81)69-63(75)87)104-45(40)26-98-116(92,122)110-39-14-50(74-20-32(7)56(80)68-62(74)86)103-44(39)25-97-115(91,121)109-38-13-49(73-19-31(6)55(79)67-61(73)85)102-43(38)24-96-114(90,120)108-37-12-48(72-18-30(5)54(78)66-60(72)84)101-42(37)23-95-113(89,119)107-36-11-47(71-17-29(4)53(77)65-59(71)83)100-41(36)22-94-112(88,118)106-35-10-46(99-34(35)9)70-16-28(3)52(76)64-58(70)82/h16-21,27,34-51H,10-15,22-26H2,1-9H3,(H,88,118)(H,89,119)(H,90,120)(H,91,121)(H,92,122)(H,93,123)(H,64,76,82)(H,65,77,83)(H,66,78,84)(H,67,79,85)(H,68,80,86)(H,69,81,87)/t34-,35+,36+,37+,38+,39+,40+,41-,42-,43-,44-,45-,46-,47-,48-,49-,50-,51-,112?,113?,114?,115?,116?,117?/m1/s1. The molecule has 6 aromatic rings. The molecule has 12 rings (SSSR count). The number of aryl methyl sites for hydroxylation is 6. The van der Waals surface area contributed by atoms with Gasteiger partial charge < -0.3 is 98.1 Å². The van der Waals surface area contributed by atoms with Gasteiger partial charge in [-0.25, -0.2) is 33.3 Å². The molecule has 0 radical (unpaired) electrons. The molecular weight excluding hydrogens is 1880 g/mol. The average Bonchev–Trinajstić information content (AvgIpc) is 1.62. The molecule has 6 aliphatic heterocycles. The second-order valence-corrected chi connectivity index (χ2v) is 46.3. The van der Waals surface area contributed by atoms with E-state index in [0.717, 1.165) is 39.8 Å². The molecule has 680 valence electrons. The van der Waals surface area contributed by atoms with Crippen molar-refractivity contribution >= 4 is 112 Å². The summed E-state index contributed by atoms with van der Waals surface area (Å²) < 4.78 is 128. The number of nitrogens with zero attached hydrogens (tertiary/aromatic N) is 6. The van der Waals surface area contributed by atoms with E-state index in [1.807, 2.05) is 0 Å². The number of H-pyrrole nitrogens is 6. The van der Waals surface area contributed by atoms with Crippen LogP contribution in [0.4, 0.5) is 0 Å². The third-order valence-electron chi connectivity index (χ3n) is 19.9. The van der Waals surface area contributed by atoms with Gasteiger partial charge in [0.1, 0.15) is 74.0 Å². The van der Waals surface area contributed by atoms with E-state index in [0.29, 0.717) is 0 Å². The first-order chi connectivity index (χ1) is 57.4. The lowest BCUT2D eigenvalue weighted by Gasteiger charge is -2.28. The highest BCUT2D eigenvalue weighted by molar-refractivity contribution is 8.44. The first kappa shape index (κ1) is 97.1. The summed E-state index contributed by atoms with van der Waals surface area (Å²) in [6.07, 6.45) is -19.1. The molecule has 0 amide bonds. The van der Waals surface area contributed by atoms with Crippen LogP contribution in [0.15, 0.2) is 94.7 Å². The second-order valence-electron chi connectivity index (χ2n) is 29.5. The lowest BCUT2D eigenvalue weighted by atomic mass is 10.2. The van der Waals surface area contributed by atoms with E-state index >= 15 is 0 Å². The third-order valence-corrected chi connectivity index (χ3v) is 29.7. The van der Waals surface area contributed by atoms with Crippen molar-refractivity contribution in [2.24, 2.45) is 0 Å². The molecule has 0 spiro atoms. The Labute approximate surface area is 722 Å². The molecule has 6 aromatic heterocycles. The molecule has 6 aliphatic rings. The number of aromatic nitrogens is 12. The number of aromatic amines is 6. The van der Waals surface area contributed by atoms with Crippen LogP contribution in [0, 0.1) is 41.5 Å². The van der Waals surface area contributed by atoms with Crippen LogP contribution in [0.1, 0.15) is 130 Å². The maximum absolute atomic E-state index is 14.7. The normalized spacial score (nSPS) is 29.7. The Bertz CT molecular complexity index is 6090. The van der Waals surface area contributed by atoms with E-state index in [1.165, 1.54) is 66.3 Å². The van der Waals surface area contributed by atoms with Crippen LogP contribution < -0.4 is 67.5 Å². The summed E-state index contributed by atoms with van der Waals surface area (Å²) in [4.78, 5) is 225. The molecule has 24 atom stereocenters. The van der Waals surface area contributed by atoms with E-state index in [2.05, 4.69) is 42.2 Å². The van der Waals surface area contributed by atoms with Gasteiger partial charge in [-0.15, -0.1) is 0 Å². The smallest absolute Gasteiger partial charge is 0.352 e. The topological polar surface area (TPSA) is 614 Å². The summed E-state index contributed by atoms with van der Waals surface area (Å²) in [6, 6.07) is 0. The Morgan fingerprint density at radius 2 is 0.545 bits per heavy atom. The van der Waals surface area contributed by atoms with Gasteiger partial charge in [0.15, 0.2) is 0 Å². The van der Waals surface area contributed by atoms with Crippen molar-refractivity contribution in [1.29, 1.82) is 0 Å². The molecule has 48 nitrogen and oxygen atoms in total. The monoisotopic (exact) mass is 1960 g/mol. The van der Waals surface area contributed by atoms with Crippen LogP contribution >= 0.6 is 52.6 Å². The predicted molar refractivity (Wildman–Crippen MR) is 448 cm³/mol. The number of nitrogens with one attached hydrogen (secondary N) is 6. The number of rotatable bonds is 35. The molecule has 6 saturated heterocycles. The molecule has 12 heterocycles. The fraction of sp³-hybridized carbons (Fsp3) is 0.619. The van der Waals surface area contributed by atoms with Crippen molar-refractivity contribution in [2.75, 3.05) is 33.0 Å². The zero-order valence-corrected chi connectivity index (χ0v) is 76.3. The van der Waals surface area contributed by atoms with E-state index in [4.69, 9.17) is 142 Å². The van der Waals surface area contributed by atoms with Gasteiger partial charge in [-0.05, 0) is 121 Å². The van der Waals surface area contributed by atoms with Crippen molar-refractivity contribution in [1.82, 2.24) is 57.3 Å². The van der Waals surface area contributed by atoms with Gasteiger partial charge in [0.25, 0.3) is 33.4 Å². The molecule has 0 saturated carbocycles. The minimum Gasteiger partial charge on any atom is -0.352 e. The number of hydrogen-bond acceptors (Lipinski definition) is 36. The van der Waals surface area contributed by atoms with Gasteiger partial charge >= 0.3 is 74.5 Å². The highest BCUT2D eigenvalue weighted by Gasteiger charge is 2.50. The largest absolute Gasteiger partial charge is 0.386 e. The zero-order valence-electron chi connectivity index (χ0n) is 66.0. The zero-order chi connectivity index (χ0) is 89.8. The maximum atomic E-state index is 14.7. The highest BCUT2D eigenvalue weighted by Crippen LogP contribution is 2.59. The van der Waals surface area contributed by atoms with Crippen molar-refractivity contribution in [3.8, 4) is 0 Å². The van der Waals surface area contributed by atoms with Crippen molar-refractivity contribution < 1.29 is 112 Å². The van der Waals surface area contributed by atoms with Gasteiger partial charge in [0.05, 0.1) is 75.8 Å². The third kappa shape index (κ3) is 24.4. The summed E-state index contributed by atoms with van der Waals surface area (Å²) in [5.41, 5.74) is -9.23.